The van der Waals surface area contributed by atoms with Gasteiger partial charge in [-0.1, -0.05) is 0 Å². The highest BCUT2D eigenvalue weighted by atomic mass is 19.4. The summed E-state index contributed by atoms with van der Waals surface area (Å²) in [5.74, 6) is -1.94. The maximum atomic E-state index is 12.5. The number of Topliss-reactive ketones (excluding diaryl/α,β-unsaturated/α-hetero) is 1. The molecule has 82 valence electrons. The molecule has 1 N–H and O–H groups in total. The zero-order valence-electron chi connectivity index (χ0n) is 8.03. The summed E-state index contributed by atoms with van der Waals surface area (Å²) in [5, 5.41) is 2.71. The second-order valence-electron chi connectivity index (χ2n) is 3.75. The van der Waals surface area contributed by atoms with E-state index in [1.54, 1.807) is 7.05 Å². The molecule has 0 aromatic rings. The molecule has 0 aliphatic heterocycles. The third-order valence-corrected chi connectivity index (χ3v) is 2.68. The van der Waals surface area contributed by atoms with Crippen molar-refractivity contribution >= 4 is 5.78 Å². The third-order valence-electron chi connectivity index (χ3n) is 2.68. The number of nitrogens with one attached hydrogen (secondary N) is 1. The largest absolute Gasteiger partial charge is 0.392 e. The molecule has 5 heteroatoms. The molecule has 0 saturated heterocycles. The molecule has 0 spiro atoms. The highest BCUT2D eigenvalue weighted by molar-refractivity contribution is 5.79. The number of rotatable bonds is 2. The van der Waals surface area contributed by atoms with Crippen LogP contribution < -0.4 is 5.32 Å². The summed E-state index contributed by atoms with van der Waals surface area (Å²) in [6.07, 6.45) is -4.08. The summed E-state index contributed by atoms with van der Waals surface area (Å²) in [6, 6.07) is 0. The van der Waals surface area contributed by atoms with Crippen LogP contribution in [0.15, 0.2) is 0 Å². The van der Waals surface area contributed by atoms with Gasteiger partial charge in [0.25, 0.3) is 0 Å². The quantitative estimate of drug-likeness (QED) is 0.750. The molecule has 1 saturated carbocycles. The van der Waals surface area contributed by atoms with Crippen LogP contribution in [0.3, 0.4) is 0 Å². The molecule has 0 amide bonds. The topological polar surface area (TPSA) is 29.1 Å². The van der Waals surface area contributed by atoms with Crippen molar-refractivity contribution < 1.29 is 18.0 Å². The van der Waals surface area contributed by atoms with Crippen LogP contribution in [0, 0.1) is 11.8 Å². The number of halogens is 3. The van der Waals surface area contributed by atoms with Crippen molar-refractivity contribution in [2.24, 2.45) is 11.8 Å². The number of alkyl halides is 3. The maximum absolute atomic E-state index is 12.5. The van der Waals surface area contributed by atoms with Crippen LogP contribution in [0.5, 0.6) is 0 Å². The molecule has 14 heavy (non-hydrogen) atoms. The molecule has 0 radical (unpaired) electrons. The van der Waals surface area contributed by atoms with E-state index in [0.717, 1.165) is 0 Å². The first kappa shape index (κ1) is 11.5. The SMILES string of the molecule is CNCC1CC(=O)CCC1C(F)(F)F. The van der Waals surface area contributed by atoms with E-state index in [0.29, 0.717) is 0 Å². The monoisotopic (exact) mass is 209 g/mol. The van der Waals surface area contributed by atoms with Crippen LogP contribution in [0.2, 0.25) is 0 Å². The lowest BCUT2D eigenvalue weighted by Crippen LogP contribution is -2.40. The van der Waals surface area contributed by atoms with Crippen molar-refractivity contribution in [2.45, 2.75) is 25.4 Å². The van der Waals surface area contributed by atoms with Gasteiger partial charge in [0.2, 0.25) is 0 Å². The van der Waals surface area contributed by atoms with E-state index in [1.165, 1.54) is 0 Å². The van der Waals surface area contributed by atoms with Gasteiger partial charge in [-0.05, 0) is 25.9 Å². The Morgan fingerprint density at radius 3 is 2.64 bits per heavy atom. The Balaban J connectivity index is 2.67. The van der Waals surface area contributed by atoms with E-state index >= 15 is 0 Å². The van der Waals surface area contributed by atoms with Crippen molar-refractivity contribution in [3.8, 4) is 0 Å². The number of carbonyl (C=O) groups excluding carboxylic acids is 1. The molecule has 2 nitrogen and oxygen atoms in total. The minimum absolute atomic E-state index is 0.0469. The summed E-state index contributed by atoms with van der Waals surface area (Å²) in [6.45, 7) is 0.260. The normalized spacial score (nSPS) is 29.3. The maximum Gasteiger partial charge on any atom is 0.392 e. The zero-order valence-corrected chi connectivity index (χ0v) is 8.03. The van der Waals surface area contributed by atoms with Crippen molar-refractivity contribution in [1.29, 1.82) is 0 Å². The van der Waals surface area contributed by atoms with Crippen LogP contribution in [-0.4, -0.2) is 25.6 Å². The van der Waals surface area contributed by atoms with Crippen molar-refractivity contribution in [1.82, 2.24) is 5.32 Å². The van der Waals surface area contributed by atoms with Gasteiger partial charge in [-0.2, -0.15) is 13.2 Å². The molecule has 0 heterocycles. The number of carbonyl (C=O) groups is 1. The first-order valence-corrected chi connectivity index (χ1v) is 4.68. The molecule has 1 fully saturated rings. The molecule has 1 aliphatic rings. The molecule has 0 aromatic carbocycles. The summed E-state index contributed by atoms with van der Waals surface area (Å²) in [5.41, 5.74) is 0. The second kappa shape index (κ2) is 4.29. The van der Waals surface area contributed by atoms with Crippen molar-refractivity contribution in [3.05, 3.63) is 0 Å². The fourth-order valence-electron chi connectivity index (χ4n) is 2.00. The summed E-state index contributed by atoms with van der Waals surface area (Å²) in [4.78, 5) is 11.0. The lowest BCUT2D eigenvalue weighted by molar-refractivity contribution is -0.195. The minimum atomic E-state index is -4.16. The predicted molar refractivity (Wildman–Crippen MR) is 45.8 cm³/mol. The Hall–Kier alpha value is -0.580. The van der Waals surface area contributed by atoms with Gasteiger partial charge in [0.05, 0.1) is 5.92 Å². The van der Waals surface area contributed by atoms with Gasteiger partial charge < -0.3 is 5.32 Å². The molecule has 1 aliphatic carbocycles. The second-order valence-corrected chi connectivity index (χ2v) is 3.75. The Labute approximate surface area is 80.9 Å². The van der Waals surface area contributed by atoms with Crippen LogP contribution >= 0.6 is 0 Å². The van der Waals surface area contributed by atoms with Gasteiger partial charge in [-0.25, -0.2) is 0 Å². The van der Waals surface area contributed by atoms with E-state index in [2.05, 4.69) is 5.32 Å². The lowest BCUT2D eigenvalue weighted by Gasteiger charge is -2.32. The Morgan fingerprint density at radius 2 is 2.14 bits per heavy atom. The average Bonchev–Trinajstić information content (AvgIpc) is 2.02. The zero-order chi connectivity index (χ0) is 10.8. The summed E-state index contributed by atoms with van der Waals surface area (Å²) < 4.78 is 37.5. The number of hydrogen-bond donors (Lipinski definition) is 1. The molecular weight excluding hydrogens is 195 g/mol. The van der Waals surface area contributed by atoms with Crippen LogP contribution in [0.1, 0.15) is 19.3 Å². The fourth-order valence-corrected chi connectivity index (χ4v) is 2.00. The van der Waals surface area contributed by atoms with Gasteiger partial charge in [0.1, 0.15) is 5.78 Å². The number of hydrogen-bond acceptors (Lipinski definition) is 2. The van der Waals surface area contributed by atoms with E-state index in [-0.39, 0.29) is 31.6 Å². The van der Waals surface area contributed by atoms with E-state index < -0.39 is 18.0 Å². The number of ketones is 1. The Bertz CT molecular complexity index is 215. The van der Waals surface area contributed by atoms with Gasteiger partial charge in [-0.15, -0.1) is 0 Å². The highest BCUT2D eigenvalue weighted by Gasteiger charge is 2.46. The molecule has 1 rings (SSSR count). The summed E-state index contributed by atoms with van der Waals surface area (Å²) in [7, 11) is 1.60. The van der Waals surface area contributed by atoms with Crippen LogP contribution in [0.25, 0.3) is 0 Å². The first-order valence-electron chi connectivity index (χ1n) is 4.68. The molecular formula is C9H14F3NO. The highest BCUT2D eigenvalue weighted by Crippen LogP contribution is 2.39. The minimum Gasteiger partial charge on any atom is -0.319 e. The lowest BCUT2D eigenvalue weighted by atomic mass is 9.78. The molecule has 2 unspecified atom stereocenters. The van der Waals surface area contributed by atoms with E-state index in [1.807, 2.05) is 0 Å². The van der Waals surface area contributed by atoms with Crippen molar-refractivity contribution in [2.75, 3.05) is 13.6 Å². The average molecular weight is 209 g/mol. The van der Waals surface area contributed by atoms with Crippen molar-refractivity contribution in [3.63, 3.8) is 0 Å². The van der Waals surface area contributed by atoms with Gasteiger partial charge in [0, 0.05) is 12.8 Å². The molecule has 0 bridgehead atoms. The molecule has 0 aromatic heterocycles. The predicted octanol–water partition coefficient (Wildman–Crippen LogP) is 1.75. The third kappa shape index (κ3) is 2.70. The van der Waals surface area contributed by atoms with E-state index in [9.17, 15) is 18.0 Å². The van der Waals surface area contributed by atoms with E-state index in [4.69, 9.17) is 0 Å². The Kier molecular flexibility index (Phi) is 3.53. The fraction of sp³-hybridized carbons (Fsp3) is 0.889. The molecule has 2 atom stereocenters. The van der Waals surface area contributed by atoms with Gasteiger partial charge in [0.15, 0.2) is 0 Å². The Morgan fingerprint density at radius 1 is 1.50 bits per heavy atom. The standard InChI is InChI=1S/C9H14F3NO/c1-13-5-6-4-7(14)2-3-8(6)9(10,11)12/h6,8,13H,2-5H2,1H3. The smallest absolute Gasteiger partial charge is 0.319 e. The summed E-state index contributed by atoms with van der Waals surface area (Å²) >= 11 is 0. The van der Waals surface area contributed by atoms with Gasteiger partial charge >= 0.3 is 6.18 Å². The first-order chi connectivity index (χ1) is 6.45. The van der Waals surface area contributed by atoms with Crippen LogP contribution in [-0.2, 0) is 4.79 Å². The van der Waals surface area contributed by atoms with Gasteiger partial charge in [-0.3, -0.25) is 4.79 Å². The van der Waals surface area contributed by atoms with Crippen LogP contribution in [0.4, 0.5) is 13.2 Å².